The molecule has 10 aromatic carbocycles. The molecule has 1 fully saturated rings. The molecule has 2 aliphatic carbocycles. The average molecular weight is 857 g/mol. The van der Waals surface area contributed by atoms with Gasteiger partial charge >= 0.3 is 0 Å². The Balaban J connectivity index is 1.01. The van der Waals surface area contributed by atoms with Crippen molar-refractivity contribution < 1.29 is 0 Å². The third-order valence-corrected chi connectivity index (χ3v) is 14.8. The molecule has 13 rings (SSSR count). The first kappa shape index (κ1) is 39.2. The molecule has 11 aromatic rings. The van der Waals surface area contributed by atoms with Gasteiger partial charge in [0.1, 0.15) is 0 Å². The lowest BCUT2D eigenvalue weighted by atomic mass is 9.76. The van der Waals surface area contributed by atoms with Crippen molar-refractivity contribution in [1.82, 2.24) is 4.57 Å². The van der Waals surface area contributed by atoms with Crippen LogP contribution in [0.4, 0.5) is 17.1 Å². The van der Waals surface area contributed by atoms with Crippen molar-refractivity contribution in [2.24, 2.45) is 0 Å². The summed E-state index contributed by atoms with van der Waals surface area (Å²) in [5, 5.41) is 2.43. The Kier molecular flexibility index (Phi) is 9.39. The fourth-order valence-electron chi connectivity index (χ4n) is 11.8. The first-order valence-electron chi connectivity index (χ1n) is 23.8. The van der Waals surface area contributed by atoms with Crippen molar-refractivity contribution >= 4 is 38.9 Å². The molecule has 2 aliphatic rings. The van der Waals surface area contributed by atoms with E-state index in [4.69, 9.17) is 0 Å². The fourth-order valence-corrected chi connectivity index (χ4v) is 11.8. The molecule has 0 unspecified atom stereocenters. The molecule has 1 saturated carbocycles. The maximum absolute atomic E-state index is 2.52. The zero-order valence-corrected chi connectivity index (χ0v) is 37.3. The normalized spacial score (nSPS) is 13.6. The maximum atomic E-state index is 2.52. The second-order valence-electron chi connectivity index (χ2n) is 18.3. The zero-order chi connectivity index (χ0) is 44.3. The summed E-state index contributed by atoms with van der Waals surface area (Å²) in [5.41, 5.74) is 22.5. The van der Waals surface area contributed by atoms with E-state index in [1.54, 1.807) is 0 Å². The first-order chi connectivity index (χ1) is 33.2. The van der Waals surface area contributed by atoms with Gasteiger partial charge in [-0.05, 0) is 129 Å². The Hall–Kier alpha value is -8.20. The van der Waals surface area contributed by atoms with Gasteiger partial charge in [0, 0.05) is 33.1 Å². The van der Waals surface area contributed by atoms with Gasteiger partial charge < -0.3 is 9.47 Å². The van der Waals surface area contributed by atoms with Gasteiger partial charge in [-0.15, -0.1) is 0 Å². The molecule has 0 aliphatic heterocycles. The number of fused-ring (bicyclic) bond motifs is 8. The number of anilines is 3. The molecule has 0 saturated heterocycles. The molecule has 0 bridgehead atoms. The van der Waals surface area contributed by atoms with E-state index in [9.17, 15) is 0 Å². The SMILES string of the molecule is c1ccc(-c2ccccc2-c2ccccc2-c2ccccc2N(c2ccc(-c3ccc4c(c3)C3(CCCC3)c3ccccc3-4)cc2)c2cccc3c2c2ccccc2n3-c2ccccc2)cc1. The number of rotatable bonds is 8. The lowest BCUT2D eigenvalue weighted by Crippen LogP contribution is -2.20. The summed E-state index contributed by atoms with van der Waals surface area (Å²) >= 11 is 0. The number of hydrogen-bond donors (Lipinski definition) is 0. The minimum Gasteiger partial charge on any atom is -0.309 e. The summed E-state index contributed by atoms with van der Waals surface area (Å²) in [7, 11) is 0. The van der Waals surface area contributed by atoms with E-state index in [2.05, 4.69) is 252 Å². The summed E-state index contributed by atoms with van der Waals surface area (Å²) in [6.07, 6.45) is 5.01. The summed E-state index contributed by atoms with van der Waals surface area (Å²) in [6, 6.07) is 89.7. The van der Waals surface area contributed by atoms with E-state index in [0.717, 1.165) is 28.3 Å². The molecule has 0 radical (unpaired) electrons. The Labute approximate surface area is 392 Å². The quantitative estimate of drug-likeness (QED) is 0.148. The summed E-state index contributed by atoms with van der Waals surface area (Å²) < 4.78 is 2.42. The summed E-state index contributed by atoms with van der Waals surface area (Å²) in [5.74, 6) is 0. The Bertz CT molecular complexity index is 3630. The van der Waals surface area contributed by atoms with Gasteiger partial charge in [0.2, 0.25) is 0 Å². The van der Waals surface area contributed by atoms with Crippen LogP contribution in [0.2, 0.25) is 0 Å². The van der Waals surface area contributed by atoms with Crippen molar-refractivity contribution in [3.63, 3.8) is 0 Å². The zero-order valence-electron chi connectivity index (χ0n) is 37.3. The van der Waals surface area contributed by atoms with Crippen LogP contribution in [0, 0.1) is 0 Å². The van der Waals surface area contributed by atoms with E-state index in [-0.39, 0.29) is 5.41 Å². The molecule has 0 N–H and O–H groups in total. The smallest absolute Gasteiger partial charge is 0.0562 e. The van der Waals surface area contributed by atoms with Gasteiger partial charge in [-0.25, -0.2) is 0 Å². The van der Waals surface area contributed by atoms with Gasteiger partial charge in [-0.2, -0.15) is 0 Å². The molecule has 67 heavy (non-hydrogen) atoms. The van der Waals surface area contributed by atoms with Crippen molar-refractivity contribution in [3.8, 4) is 61.3 Å². The van der Waals surface area contributed by atoms with Gasteiger partial charge in [0.05, 0.1) is 22.4 Å². The number of benzene rings is 10. The highest BCUT2D eigenvalue weighted by Crippen LogP contribution is 2.57. The number of nitrogens with zero attached hydrogens (tertiary/aromatic N) is 2. The largest absolute Gasteiger partial charge is 0.309 e. The molecular formula is C65H48N2. The van der Waals surface area contributed by atoms with Crippen LogP contribution >= 0.6 is 0 Å². The van der Waals surface area contributed by atoms with E-state index in [1.165, 1.54) is 109 Å². The second kappa shape index (κ2) is 16.0. The summed E-state index contributed by atoms with van der Waals surface area (Å²) in [4.78, 5) is 2.51. The number of aromatic nitrogens is 1. The lowest BCUT2D eigenvalue weighted by Gasteiger charge is -2.29. The monoisotopic (exact) mass is 856 g/mol. The predicted molar refractivity (Wildman–Crippen MR) is 282 cm³/mol. The van der Waals surface area contributed by atoms with E-state index < -0.39 is 0 Å². The van der Waals surface area contributed by atoms with Crippen LogP contribution in [0.15, 0.2) is 243 Å². The molecule has 318 valence electrons. The van der Waals surface area contributed by atoms with Crippen LogP contribution in [0.25, 0.3) is 83.1 Å². The molecule has 2 heteroatoms. The Morgan fingerprint density at radius 2 is 0.881 bits per heavy atom. The molecule has 1 heterocycles. The molecule has 1 spiro atoms. The Morgan fingerprint density at radius 3 is 1.64 bits per heavy atom. The minimum absolute atomic E-state index is 0.123. The van der Waals surface area contributed by atoms with Gasteiger partial charge in [-0.1, -0.05) is 201 Å². The Morgan fingerprint density at radius 1 is 0.343 bits per heavy atom. The highest BCUT2D eigenvalue weighted by Gasteiger charge is 2.44. The third-order valence-electron chi connectivity index (χ3n) is 14.8. The van der Waals surface area contributed by atoms with E-state index in [0.29, 0.717) is 0 Å². The maximum Gasteiger partial charge on any atom is 0.0562 e. The van der Waals surface area contributed by atoms with Gasteiger partial charge in [-0.3, -0.25) is 0 Å². The average Bonchev–Trinajstić information content (AvgIpc) is 4.11. The van der Waals surface area contributed by atoms with E-state index in [1.807, 2.05) is 0 Å². The molecule has 0 atom stereocenters. The minimum atomic E-state index is 0.123. The van der Waals surface area contributed by atoms with Crippen molar-refractivity contribution in [2.45, 2.75) is 31.1 Å². The molecule has 1 aromatic heterocycles. The predicted octanol–water partition coefficient (Wildman–Crippen LogP) is 17.8. The lowest BCUT2D eigenvalue weighted by molar-refractivity contribution is 0.550. The van der Waals surface area contributed by atoms with Crippen LogP contribution in [-0.4, -0.2) is 4.57 Å². The highest BCUT2D eigenvalue weighted by molar-refractivity contribution is 6.17. The first-order valence-corrected chi connectivity index (χ1v) is 23.8. The standard InChI is InChI=1S/C65H48N2/c1-3-20-46(21-4-1)50-24-7-8-25-51(50)52-26-9-10-27-53(52)56-29-12-15-32-60(56)67(63-35-19-34-62-64(63)57-30-13-16-33-61(57)66(62)48-22-5-2-6-23-48)49-39-36-45(37-40-49)47-38-41-55-54-28-11-14-31-58(54)65(59(55)44-47)42-17-18-43-65/h1-16,19-41,44H,17-18,42-43H2. The molecular weight excluding hydrogens is 809 g/mol. The number of hydrogen-bond acceptors (Lipinski definition) is 1. The van der Waals surface area contributed by atoms with Gasteiger partial charge in [0.25, 0.3) is 0 Å². The second-order valence-corrected chi connectivity index (χ2v) is 18.3. The van der Waals surface area contributed by atoms with Crippen molar-refractivity contribution in [3.05, 3.63) is 254 Å². The highest BCUT2D eigenvalue weighted by atomic mass is 15.2. The third kappa shape index (κ3) is 6.32. The summed E-state index contributed by atoms with van der Waals surface area (Å²) in [6.45, 7) is 0. The van der Waals surface area contributed by atoms with Crippen LogP contribution in [-0.2, 0) is 5.41 Å². The van der Waals surface area contributed by atoms with Crippen molar-refractivity contribution in [1.29, 1.82) is 0 Å². The van der Waals surface area contributed by atoms with E-state index >= 15 is 0 Å². The molecule has 2 nitrogen and oxygen atoms in total. The van der Waals surface area contributed by atoms with Crippen LogP contribution < -0.4 is 4.90 Å². The van der Waals surface area contributed by atoms with Crippen LogP contribution in [0.1, 0.15) is 36.8 Å². The fraction of sp³-hybridized carbons (Fsp3) is 0.0769. The molecule has 0 amide bonds. The van der Waals surface area contributed by atoms with Crippen molar-refractivity contribution in [2.75, 3.05) is 4.90 Å². The van der Waals surface area contributed by atoms with Gasteiger partial charge in [0.15, 0.2) is 0 Å². The number of para-hydroxylation sites is 3. The van der Waals surface area contributed by atoms with Crippen LogP contribution in [0.3, 0.4) is 0 Å². The topological polar surface area (TPSA) is 8.17 Å². The van der Waals surface area contributed by atoms with Crippen LogP contribution in [0.5, 0.6) is 0 Å².